The summed E-state index contributed by atoms with van der Waals surface area (Å²) in [6.07, 6.45) is 2.66. The lowest BCUT2D eigenvalue weighted by Gasteiger charge is -2.48. The van der Waals surface area contributed by atoms with Crippen molar-refractivity contribution < 1.29 is 9.90 Å². The molecule has 154 valence electrons. The Morgan fingerprint density at radius 2 is 1.48 bits per heavy atom. The lowest BCUT2D eigenvalue weighted by atomic mass is 9.99. The van der Waals surface area contributed by atoms with E-state index < -0.39 is 8.07 Å². The largest absolute Gasteiger partial charge is 0.391 e. The number of hydrogen-bond donors (Lipinski definition) is 1. The Balaban J connectivity index is 1.82. The van der Waals surface area contributed by atoms with E-state index in [1.54, 1.807) is 0 Å². The molecule has 1 unspecified atom stereocenters. The zero-order valence-corrected chi connectivity index (χ0v) is 18.8. The number of carbonyl (C=O) groups excluding carboxylic acids is 1. The zero-order valence-electron chi connectivity index (χ0n) is 17.8. The van der Waals surface area contributed by atoms with Gasteiger partial charge < -0.3 is 10.0 Å². The fourth-order valence-electron chi connectivity index (χ4n) is 5.85. The summed E-state index contributed by atoms with van der Waals surface area (Å²) in [4.78, 5) is 14.9. The first-order chi connectivity index (χ1) is 13.8. The van der Waals surface area contributed by atoms with Gasteiger partial charge in [-0.2, -0.15) is 0 Å². The molecule has 2 aromatic carbocycles. The van der Waals surface area contributed by atoms with Gasteiger partial charge in [-0.05, 0) is 30.3 Å². The topological polar surface area (TPSA) is 40.5 Å². The predicted octanol–water partition coefficient (Wildman–Crippen LogP) is 3.56. The summed E-state index contributed by atoms with van der Waals surface area (Å²) in [6.45, 7) is 7.12. The highest BCUT2D eigenvalue weighted by molar-refractivity contribution is 7.04. The van der Waals surface area contributed by atoms with Crippen LogP contribution in [0.25, 0.3) is 0 Å². The summed E-state index contributed by atoms with van der Waals surface area (Å²) < 4.78 is 0. The zero-order chi connectivity index (χ0) is 20.6. The standard InChI is InChI=1S/C25H33NO2Si/c1-25(2,3)29(20-10-6-4-7-11-20,21-12-8-5-9-13-21)18-19-14-15-22-23(27)16-17-24(28)26(19)22/h4-13,19,22-23,27H,14-18H2,1-3H3/t19-,22-,23?/m0/s1. The first-order valence-corrected chi connectivity index (χ1v) is 13.2. The van der Waals surface area contributed by atoms with Crippen molar-refractivity contribution in [2.45, 2.75) is 75.7 Å². The van der Waals surface area contributed by atoms with Gasteiger partial charge in [-0.3, -0.25) is 4.79 Å². The van der Waals surface area contributed by atoms with E-state index in [0.29, 0.717) is 12.8 Å². The molecule has 0 aromatic heterocycles. The summed E-state index contributed by atoms with van der Waals surface area (Å²) in [5, 5.41) is 13.5. The summed E-state index contributed by atoms with van der Waals surface area (Å²) >= 11 is 0. The molecule has 3 atom stereocenters. The smallest absolute Gasteiger partial charge is 0.223 e. The van der Waals surface area contributed by atoms with Gasteiger partial charge in [0.1, 0.15) is 8.07 Å². The van der Waals surface area contributed by atoms with Crippen LogP contribution in [-0.4, -0.2) is 42.2 Å². The van der Waals surface area contributed by atoms with Crippen molar-refractivity contribution in [3.8, 4) is 0 Å². The van der Waals surface area contributed by atoms with Crippen molar-refractivity contribution in [2.24, 2.45) is 0 Å². The lowest BCUT2D eigenvalue weighted by Crippen LogP contribution is -2.66. The number of aliphatic hydroxyl groups excluding tert-OH is 1. The first-order valence-electron chi connectivity index (χ1n) is 10.9. The second-order valence-corrected chi connectivity index (χ2v) is 14.7. The van der Waals surface area contributed by atoms with E-state index in [1.165, 1.54) is 10.4 Å². The first kappa shape index (κ1) is 20.4. The number of fused-ring (bicyclic) bond motifs is 1. The van der Waals surface area contributed by atoms with Crippen LogP contribution in [0.15, 0.2) is 60.7 Å². The summed E-state index contributed by atoms with van der Waals surface area (Å²) in [6, 6.07) is 23.2. The minimum atomic E-state index is -2.22. The third-order valence-electron chi connectivity index (χ3n) is 7.29. The van der Waals surface area contributed by atoms with Crippen molar-refractivity contribution in [1.29, 1.82) is 0 Å². The van der Waals surface area contributed by atoms with Gasteiger partial charge in [0.2, 0.25) is 5.91 Å². The van der Waals surface area contributed by atoms with Crippen molar-refractivity contribution in [1.82, 2.24) is 4.90 Å². The van der Waals surface area contributed by atoms with E-state index in [2.05, 4.69) is 86.3 Å². The molecule has 1 amide bonds. The Kier molecular flexibility index (Phi) is 5.43. The van der Waals surface area contributed by atoms with Crippen LogP contribution in [0.1, 0.15) is 46.5 Å². The molecule has 2 saturated heterocycles. The van der Waals surface area contributed by atoms with E-state index in [1.807, 2.05) is 0 Å². The molecule has 2 aliphatic heterocycles. The van der Waals surface area contributed by atoms with Crippen LogP contribution in [0.3, 0.4) is 0 Å². The Hall–Kier alpha value is -1.91. The molecule has 29 heavy (non-hydrogen) atoms. The summed E-state index contributed by atoms with van der Waals surface area (Å²) in [5.74, 6) is 0.237. The minimum Gasteiger partial charge on any atom is -0.391 e. The molecule has 2 heterocycles. The molecule has 2 aliphatic rings. The van der Waals surface area contributed by atoms with Crippen LogP contribution < -0.4 is 10.4 Å². The van der Waals surface area contributed by atoms with E-state index in [9.17, 15) is 9.90 Å². The van der Waals surface area contributed by atoms with Crippen molar-refractivity contribution >= 4 is 24.4 Å². The Bertz CT molecular complexity index is 807. The average Bonchev–Trinajstić information content (AvgIpc) is 3.14. The van der Waals surface area contributed by atoms with Crippen molar-refractivity contribution in [3.05, 3.63) is 60.7 Å². The van der Waals surface area contributed by atoms with Gasteiger partial charge in [0.05, 0.1) is 12.1 Å². The number of hydrogen-bond acceptors (Lipinski definition) is 2. The second-order valence-electron chi connectivity index (χ2n) is 9.80. The van der Waals surface area contributed by atoms with E-state index >= 15 is 0 Å². The van der Waals surface area contributed by atoms with Gasteiger partial charge in [-0.1, -0.05) is 91.8 Å². The molecule has 4 rings (SSSR count). The molecule has 0 radical (unpaired) electrons. The van der Waals surface area contributed by atoms with Gasteiger partial charge in [-0.15, -0.1) is 0 Å². The van der Waals surface area contributed by atoms with E-state index in [-0.39, 0.29) is 29.1 Å². The third kappa shape index (κ3) is 3.47. The molecular formula is C25H33NO2Si. The maximum absolute atomic E-state index is 12.9. The average molecular weight is 408 g/mol. The highest BCUT2D eigenvalue weighted by atomic mass is 28.3. The fourth-order valence-corrected chi connectivity index (χ4v) is 11.6. The van der Waals surface area contributed by atoms with Crippen LogP contribution in [0, 0.1) is 0 Å². The molecule has 1 N–H and O–H groups in total. The highest BCUT2D eigenvalue weighted by Gasteiger charge is 2.52. The van der Waals surface area contributed by atoms with Crippen LogP contribution in [0.4, 0.5) is 0 Å². The number of carbonyl (C=O) groups is 1. The molecule has 2 aromatic rings. The van der Waals surface area contributed by atoms with Gasteiger partial charge in [0.15, 0.2) is 0 Å². The highest BCUT2D eigenvalue weighted by Crippen LogP contribution is 2.43. The molecule has 0 aliphatic carbocycles. The number of piperidine rings is 1. The Morgan fingerprint density at radius 3 is 2.00 bits per heavy atom. The normalized spacial score (nSPS) is 25.2. The summed E-state index contributed by atoms with van der Waals surface area (Å²) in [7, 11) is -2.22. The van der Waals surface area contributed by atoms with E-state index in [0.717, 1.165) is 18.9 Å². The molecule has 0 saturated carbocycles. The lowest BCUT2D eigenvalue weighted by molar-refractivity contribution is -0.141. The van der Waals surface area contributed by atoms with Gasteiger partial charge in [0.25, 0.3) is 0 Å². The molecule has 3 nitrogen and oxygen atoms in total. The molecule has 4 heteroatoms. The van der Waals surface area contributed by atoms with Crippen LogP contribution in [0.2, 0.25) is 11.1 Å². The number of amides is 1. The minimum absolute atomic E-state index is 0.0134. The number of benzene rings is 2. The third-order valence-corrected chi connectivity index (χ3v) is 13.6. The number of nitrogens with zero attached hydrogens (tertiary/aromatic N) is 1. The van der Waals surface area contributed by atoms with Crippen molar-refractivity contribution in [2.75, 3.05) is 0 Å². The molecule has 0 bridgehead atoms. The molecular weight excluding hydrogens is 374 g/mol. The Labute approximate surface area is 175 Å². The number of aliphatic hydroxyl groups is 1. The van der Waals surface area contributed by atoms with Crippen LogP contribution in [-0.2, 0) is 4.79 Å². The Morgan fingerprint density at radius 1 is 0.931 bits per heavy atom. The fraction of sp³-hybridized carbons (Fsp3) is 0.480. The van der Waals surface area contributed by atoms with Gasteiger partial charge in [-0.25, -0.2) is 0 Å². The van der Waals surface area contributed by atoms with Gasteiger partial charge in [0, 0.05) is 12.5 Å². The predicted molar refractivity (Wildman–Crippen MR) is 121 cm³/mol. The maximum atomic E-state index is 12.9. The second kappa shape index (κ2) is 7.73. The maximum Gasteiger partial charge on any atom is 0.223 e. The van der Waals surface area contributed by atoms with Crippen LogP contribution >= 0.6 is 0 Å². The van der Waals surface area contributed by atoms with Crippen LogP contribution in [0.5, 0.6) is 0 Å². The van der Waals surface area contributed by atoms with Gasteiger partial charge >= 0.3 is 0 Å². The summed E-state index contributed by atoms with van der Waals surface area (Å²) in [5.41, 5.74) is 0. The monoisotopic (exact) mass is 407 g/mol. The molecule has 2 fully saturated rings. The van der Waals surface area contributed by atoms with Crippen molar-refractivity contribution in [3.63, 3.8) is 0 Å². The van der Waals surface area contributed by atoms with E-state index in [4.69, 9.17) is 0 Å². The number of rotatable bonds is 4. The quantitative estimate of drug-likeness (QED) is 0.787. The SMILES string of the molecule is CC(C)(C)[Si](C[C@@H]1CC[C@H]2C(O)CCC(=O)N12)(c1ccccc1)c1ccccc1. The molecule has 0 spiro atoms.